The van der Waals surface area contributed by atoms with Gasteiger partial charge in [-0.05, 0) is 31.0 Å². The lowest BCUT2D eigenvalue weighted by Gasteiger charge is -2.42. The number of hydrogen-bond acceptors (Lipinski definition) is 7. The molecule has 1 saturated carbocycles. The molecule has 7 nitrogen and oxygen atoms in total. The van der Waals surface area contributed by atoms with Gasteiger partial charge < -0.3 is 24.8 Å². The van der Waals surface area contributed by atoms with E-state index in [0.717, 1.165) is 7.11 Å². The number of phenols is 1. The fourth-order valence-electron chi connectivity index (χ4n) is 3.18. The fourth-order valence-corrected chi connectivity index (χ4v) is 3.18. The monoisotopic (exact) mass is 320 g/mol. The van der Waals surface area contributed by atoms with Gasteiger partial charge in [0.2, 0.25) is 0 Å². The van der Waals surface area contributed by atoms with Gasteiger partial charge in [0.15, 0.2) is 5.78 Å². The molecule has 0 aromatic heterocycles. The van der Waals surface area contributed by atoms with Gasteiger partial charge in [0.25, 0.3) is 5.60 Å². The number of phenolic OH excluding ortho intramolecular Hbond substituents is 1. The van der Waals surface area contributed by atoms with Crippen molar-refractivity contribution in [2.45, 2.75) is 31.5 Å². The summed E-state index contributed by atoms with van der Waals surface area (Å²) in [5, 5.41) is 31.0. The Labute approximate surface area is 131 Å². The van der Waals surface area contributed by atoms with E-state index >= 15 is 0 Å². The van der Waals surface area contributed by atoms with Crippen LogP contribution in [0.5, 0.6) is 11.5 Å². The van der Waals surface area contributed by atoms with E-state index in [2.05, 4.69) is 0 Å². The maximum absolute atomic E-state index is 12.3. The van der Waals surface area contributed by atoms with Crippen LogP contribution < -0.4 is 4.74 Å². The van der Waals surface area contributed by atoms with Crippen LogP contribution in [0.3, 0.4) is 0 Å². The van der Waals surface area contributed by atoms with Crippen LogP contribution in [0.4, 0.5) is 0 Å². The summed E-state index contributed by atoms with van der Waals surface area (Å²) in [4.78, 5) is 24.6. The maximum atomic E-state index is 12.3. The molecule has 23 heavy (non-hydrogen) atoms. The number of aliphatic hydroxyl groups is 2. The first-order valence-electron chi connectivity index (χ1n) is 7.09. The van der Waals surface area contributed by atoms with Crippen molar-refractivity contribution in [3.63, 3.8) is 0 Å². The SMILES string of the molecule is COC(=O)C12Oc3cc(C)cc(O)c3C(O)=C1C(=O)CCC2O. The highest BCUT2D eigenvalue weighted by Gasteiger charge is 2.60. The Balaban J connectivity index is 2.36. The molecule has 122 valence electrons. The van der Waals surface area contributed by atoms with Crippen molar-refractivity contribution in [2.24, 2.45) is 0 Å². The summed E-state index contributed by atoms with van der Waals surface area (Å²) in [5.74, 6) is -2.37. The number of carbonyl (C=O) groups is 2. The molecule has 2 aliphatic rings. The molecule has 3 N–H and O–H groups in total. The average molecular weight is 320 g/mol. The number of aryl methyl sites for hydroxylation is 1. The minimum absolute atomic E-state index is 0.00214. The van der Waals surface area contributed by atoms with E-state index in [1.807, 2.05) is 0 Å². The van der Waals surface area contributed by atoms with E-state index in [-0.39, 0.29) is 35.5 Å². The van der Waals surface area contributed by atoms with Crippen LogP contribution in [-0.4, -0.2) is 45.9 Å². The number of ether oxygens (including phenoxy) is 2. The predicted octanol–water partition coefficient (Wildman–Crippen LogP) is 0.998. The predicted molar refractivity (Wildman–Crippen MR) is 78.0 cm³/mol. The molecule has 1 fully saturated rings. The van der Waals surface area contributed by atoms with Gasteiger partial charge >= 0.3 is 5.97 Å². The van der Waals surface area contributed by atoms with E-state index in [1.54, 1.807) is 6.92 Å². The Kier molecular flexibility index (Phi) is 3.33. The average Bonchev–Trinajstić information content (AvgIpc) is 2.49. The first-order chi connectivity index (χ1) is 10.8. The Hall–Kier alpha value is -2.54. The summed E-state index contributed by atoms with van der Waals surface area (Å²) in [7, 11) is 1.10. The van der Waals surface area contributed by atoms with Crippen LogP contribution >= 0.6 is 0 Å². The van der Waals surface area contributed by atoms with Gasteiger partial charge in [-0.15, -0.1) is 0 Å². The summed E-state index contributed by atoms with van der Waals surface area (Å²) in [5.41, 5.74) is -1.96. The summed E-state index contributed by atoms with van der Waals surface area (Å²) in [6, 6.07) is 2.90. The Morgan fingerprint density at radius 1 is 1.39 bits per heavy atom. The highest BCUT2D eigenvalue weighted by molar-refractivity contribution is 6.12. The largest absolute Gasteiger partial charge is 0.507 e. The van der Waals surface area contributed by atoms with Gasteiger partial charge in [-0.2, -0.15) is 0 Å². The van der Waals surface area contributed by atoms with E-state index in [0.29, 0.717) is 5.56 Å². The lowest BCUT2D eigenvalue weighted by molar-refractivity contribution is -0.169. The lowest BCUT2D eigenvalue weighted by atomic mass is 9.74. The molecule has 1 aromatic rings. The van der Waals surface area contributed by atoms with Crippen molar-refractivity contribution in [1.82, 2.24) is 0 Å². The number of aliphatic hydroxyl groups excluding tert-OH is 2. The van der Waals surface area contributed by atoms with E-state index < -0.39 is 29.2 Å². The third-order valence-corrected chi connectivity index (χ3v) is 4.22. The quantitative estimate of drug-likeness (QED) is 0.661. The molecular weight excluding hydrogens is 304 g/mol. The van der Waals surface area contributed by atoms with Crippen molar-refractivity contribution in [1.29, 1.82) is 0 Å². The van der Waals surface area contributed by atoms with Crippen molar-refractivity contribution in [2.75, 3.05) is 7.11 Å². The van der Waals surface area contributed by atoms with Crippen molar-refractivity contribution >= 4 is 17.5 Å². The number of carbonyl (C=O) groups excluding carboxylic acids is 2. The second-order valence-electron chi connectivity index (χ2n) is 5.69. The molecule has 2 atom stereocenters. The Bertz CT molecular complexity index is 749. The molecule has 0 amide bonds. The zero-order valence-corrected chi connectivity index (χ0v) is 12.6. The molecule has 7 heteroatoms. The summed E-state index contributed by atoms with van der Waals surface area (Å²) in [6.07, 6.45) is -1.41. The number of methoxy groups -OCH3 is 1. The topological polar surface area (TPSA) is 113 Å². The standard InChI is InChI=1S/C16H16O7/c1-7-5-9(18)12-10(6-7)23-16(15(21)22-2)11(19)4-3-8(17)13(16)14(12)20/h5-6,11,18-20H,3-4H2,1-2H3. The highest BCUT2D eigenvalue weighted by Crippen LogP contribution is 2.49. The minimum Gasteiger partial charge on any atom is -0.507 e. The van der Waals surface area contributed by atoms with Gasteiger partial charge in [-0.25, -0.2) is 4.79 Å². The number of ketones is 1. The van der Waals surface area contributed by atoms with Crippen molar-refractivity contribution in [3.05, 3.63) is 28.8 Å². The summed E-state index contributed by atoms with van der Waals surface area (Å²) in [6.45, 7) is 1.69. The van der Waals surface area contributed by atoms with Gasteiger partial charge in [-0.3, -0.25) is 4.79 Å². The number of hydrogen-bond donors (Lipinski definition) is 3. The molecule has 1 heterocycles. The summed E-state index contributed by atoms with van der Waals surface area (Å²) >= 11 is 0. The molecule has 1 aliphatic heterocycles. The van der Waals surface area contributed by atoms with Gasteiger partial charge in [0.1, 0.15) is 28.9 Å². The molecule has 0 radical (unpaired) electrons. The van der Waals surface area contributed by atoms with Crippen LogP contribution in [0.2, 0.25) is 0 Å². The summed E-state index contributed by atoms with van der Waals surface area (Å²) < 4.78 is 10.4. The molecule has 0 saturated heterocycles. The number of benzene rings is 1. The number of rotatable bonds is 1. The highest BCUT2D eigenvalue weighted by atomic mass is 16.6. The van der Waals surface area contributed by atoms with E-state index in [4.69, 9.17) is 9.47 Å². The number of esters is 1. The number of aromatic hydroxyl groups is 1. The third kappa shape index (κ3) is 1.93. The van der Waals surface area contributed by atoms with Gasteiger partial charge in [0.05, 0.1) is 12.7 Å². The minimum atomic E-state index is -2.12. The number of Topliss-reactive ketones (excluding diaryl/α,β-unsaturated/α-hetero) is 1. The van der Waals surface area contributed by atoms with Gasteiger partial charge in [0, 0.05) is 6.42 Å². The first kappa shape index (κ1) is 15.4. The normalized spacial score (nSPS) is 26.2. The molecule has 1 aromatic carbocycles. The van der Waals surface area contributed by atoms with Crippen LogP contribution in [-0.2, 0) is 14.3 Å². The van der Waals surface area contributed by atoms with Gasteiger partial charge in [-0.1, -0.05) is 0 Å². The van der Waals surface area contributed by atoms with Crippen LogP contribution in [0.15, 0.2) is 17.7 Å². The number of fused-ring (bicyclic) bond motifs is 2. The Morgan fingerprint density at radius 3 is 2.74 bits per heavy atom. The molecular formula is C16H16O7. The smallest absolute Gasteiger partial charge is 0.358 e. The van der Waals surface area contributed by atoms with E-state index in [9.17, 15) is 24.9 Å². The zero-order valence-electron chi connectivity index (χ0n) is 12.6. The third-order valence-electron chi connectivity index (χ3n) is 4.22. The lowest BCUT2D eigenvalue weighted by Crippen LogP contribution is -2.61. The maximum Gasteiger partial charge on any atom is 0.358 e. The second-order valence-corrected chi connectivity index (χ2v) is 5.69. The Morgan fingerprint density at radius 2 is 2.09 bits per heavy atom. The van der Waals surface area contributed by atoms with Crippen LogP contribution in [0, 0.1) is 6.92 Å². The fraction of sp³-hybridized carbons (Fsp3) is 0.375. The zero-order chi connectivity index (χ0) is 16.9. The van der Waals surface area contributed by atoms with Crippen LogP contribution in [0.25, 0.3) is 5.76 Å². The molecule has 0 bridgehead atoms. The molecule has 1 aliphatic carbocycles. The first-order valence-corrected chi connectivity index (χ1v) is 7.09. The van der Waals surface area contributed by atoms with E-state index in [1.165, 1.54) is 12.1 Å². The van der Waals surface area contributed by atoms with Crippen LogP contribution in [0.1, 0.15) is 24.0 Å². The van der Waals surface area contributed by atoms with Crippen molar-refractivity contribution in [3.8, 4) is 11.5 Å². The van der Waals surface area contributed by atoms with Crippen molar-refractivity contribution < 1.29 is 34.4 Å². The molecule has 3 rings (SSSR count). The molecule has 2 unspecified atom stereocenters. The second kappa shape index (κ2) is 4.99. The molecule has 0 spiro atoms.